The van der Waals surface area contributed by atoms with Crippen LogP contribution < -0.4 is 0 Å². The average molecular weight is 344 g/mol. The van der Waals surface area contributed by atoms with E-state index in [9.17, 15) is 14.7 Å². The molecule has 102 valence electrons. The highest BCUT2D eigenvalue weighted by atomic mass is 79.9. The fourth-order valence-corrected chi connectivity index (χ4v) is 3.43. The van der Waals surface area contributed by atoms with Gasteiger partial charge in [0.1, 0.15) is 6.04 Å². The summed E-state index contributed by atoms with van der Waals surface area (Å²) in [6.07, 6.45) is 0. The molecule has 1 aliphatic rings. The molecule has 1 aliphatic heterocycles. The van der Waals surface area contributed by atoms with E-state index in [4.69, 9.17) is 0 Å². The Hall–Kier alpha value is -1.01. The quantitative estimate of drug-likeness (QED) is 0.895. The normalized spacial score (nSPS) is 19.3. The first-order valence-electron chi connectivity index (χ1n) is 5.88. The van der Waals surface area contributed by atoms with Crippen molar-refractivity contribution in [1.82, 2.24) is 4.90 Å². The Labute approximate surface area is 124 Å². The van der Waals surface area contributed by atoms with E-state index in [2.05, 4.69) is 15.9 Å². The second-order valence-corrected chi connectivity index (χ2v) is 6.45. The van der Waals surface area contributed by atoms with Gasteiger partial charge in [-0.2, -0.15) is 11.8 Å². The van der Waals surface area contributed by atoms with Gasteiger partial charge in [-0.05, 0) is 24.6 Å². The highest BCUT2D eigenvalue weighted by Crippen LogP contribution is 2.22. The van der Waals surface area contributed by atoms with Crippen LogP contribution in [0.4, 0.5) is 0 Å². The van der Waals surface area contributed by atoms with Crippen LogP contribution in [0.15, 0.2) is 22.7 Å². The monoisotopic (exact) mass is 343 g/mol. The van der Waals surface area contributed by atoms with Crippen LogP contribution >= 0.6 is 27.7 Å². The third-order valence-corrected chi connectivity index (χ3v) is 4.62. The molecule has 0 bridgehead atoms. The molecule has 0 aliphatic carbocycles. The van der Waals surface area contributed by atoms with Gasteiger partial charge < -0.3 is 10.0 Å². The first-order chi connectivity index (χ1) is 9.00. The molecule has 0 aromatic heterocycles. The summed E-state index contributed by atoms with van der Waals surface area (Å²) < 4.78 is 0.819. The Kier molecular flexibility index (Phi) is 4.52. The number of hydrogen-bond donors (Lipinski definition) is 1. The van der Waals surface area contributed by atoms with Crippen molar-refractivity contribution in [3.63, 3.8) is 0 Å². The largest absolute Gasteiger partial charge is 0.480 e. The number of aryl methyl sites for hydroxylation is 1. The molecule has 1 amide bonds. The van der Waals surface area contributed by atoms with Gasteiger partial charge in [-0.15, -0.1) is 0 Å². The second kappa shape index (κ2) is 5.96. The molecule has 6 heteroatoms. The molecule has 1 unspecified atom stereocenters. The summed E-state index contributed by atoms with van der Waals surface area (Å²) >= 11 is 4.91. The first-order valence-corrected chi connectivity index (χ1v) is 7.83. The van der Waals surface area contributed by atoms with Crippen LogP contribution in [-0.2, 0) is 4.79 Å². The summed E-state index contributed by atoms with van der Waals surface area (Å²) in [6.45, 7) is 2.33. The van der Waals surface area contributed by atoms with Gasteiger partial charge in [-0.1, -0.05) is 22.0 Å². The number of amides is 1. The maximum atomic E-state index is 12.5. The number of carboxylic acid groups (broad SMARTS) is 1. The molecule has 1 saturated heterocycles. The fraction of sp³-hybridized carbons (Fsp3) is 0.385. The van der Waals surface area contributed by atoms with E-state index >= 15 is 0 Å². The lowest BCUT2D eigenvalue weighted by molar-refractivity contribution is -0.141. The number of rotatable bonds is 2. The lowest BCUT2D eigenvalue weighted by Crippen LogP contribution is -2.50. The zero-order chi connectivity index (χ0) is 14.0. The Morgan fingerprint density at radius 2 is 2.21 bits per heavy atom. The highest BCUT2D eigenvalue weighted by molar-refractivity contribution is 9.10. The molecule has 4 nitrogen and oxygen atoms in total. The predicted molar refractivity (Wildman–Crippen MR) is 78.7 cm³/mol. The van der Waals surface area contributed by atoms with E-state index in [1.165, 1.54) is 4.90 Å². The van der Waals surface area contributed by atoms with Gasteiger partial charge in [0.15, 0.2) is 0 Å². The summed E-state index contributed by atoms with van der Waals surface area (Å²) in [6, 6.07) is 4.74. The Balaban J connectivity index is 2.31. The van der Waals surface area contributed by atoms with Crippen molar-refractivity contribution in [3.05, 3.63) is 33.8 Å². The zero-order valence-corrected chi connectivity index (χ0v) is 12.8. The molecular formula is C13H14BrNO3S. The van der Waals surface area contributed by atoms with Crippen molar-refractivity contribution in [1.29, 1.82) is 0 Å². The van der Waals surface area contributed by atoms with E-state index in [1.54, 1.807) is 17.8 Å². The summed E-state index contributed by atoms with van der Waals surface area (Å²) in [5, 5.41) is 9.21. The summed E-state index contributed by atoms with van der Waals surface area (Å²) in [4.78, 5) is 25.2. The van der Waals surface area contributed by atoms with E-state index in [-0.39, 0.29) is 5.91 Å². The maximum Gasteiger partial charge on any atom is 0.327 e. The summed E-state index contributed by atoms with van der Waals surface area (Å²) in [7, 11) is 0. The van der Waals surface area contributed by atoms with Gasteiger partial charge in [0.05, 0.1) is 0 Å². The number of carbonyl (C=O) groups excluding carboxylic acids is 1. The number of carbonyl (C=O) groups is 2. The highest BCUT2D eigenvalue weighted by Gasteiger charge is 2.33. The van der Waals surface area contributed by atoms with Gasteiger partial charge in [-0.3, -0.25) is 4.79 Å². The molecule has 1 heterocycles. The smallest absolute Gasteiger partial charge is 0.327 e. The number of nitrogens with zero attached hydrogens (tertiary/aromatic N) is 1. The van der Waals surface area contributed by atoms with Crippen LogP contribution in [0.2, 0.25) is 0 Å². The molecule has 1 atom stereocenters. The van der Waals surface area contributed by atoms with Gasteiger partial charge in [0, 0.05) is 28.1 Å². The van der Waals surface area contributed by atoms with Crippen LogP contribution in [0.3, 0.4) is 0 Å². The average Bonchev–Trinajstić information content (AvgIpc) is 2.40. The topological polar surface area (TPSA) is 57.6 Å². The lowest BCUT2D eigenvalue weighted by Gasteiger charge is -2.33. The molecule has 19 heavy (non-hydrogen) atoms. The van der Waals surface area contributed by atoms with Crippen molar-refractivity contribution in [3.8, 4) is 0 Å². The SMILES string of the molecule is Cc1ccc(Br)cc1C(=O)N1CCSCC1C(=O)O. The number of benzene rings is 1. The van der Waals surface area contributed by atoms with E-state index in [0.717, 1.165) is 15.8 Å². The molecule has 0 spiro atoms. The van der Waals surface area contributed by atoms with Gasteiger partial charge >= 0.3 is 5.97 Å². The van der Waals surface area contributed by atoms with Crippen molar-refractivity contribution >= 4 is 39.6 Å². The zero-order valence-electron chi connectivity index (χ0n) is 10.4. The number of halogens is 1. The van der Waals surface area contributed by atoms with E-state index < -0.39 is 12.0 Å². The number of carboxylic acids is 1. The standard InChI is InChI=1S/C13H14BrNO3S/c1-8-2-3-9(14)6-10(8)12(16)15-4-5-19-7-11(15)13(17)18/h2-3,6,11H,4-5,7H2,1H3,(H,17,18). The Bertz CT molecular complexity index is 521. The summed E-state index contributed by atoms with van der Waals surface area (Å²) in [5.41, 5.74) is 1.42. The minimum Gasteiger partial charge on any atom is -0.480 e. The number of hydrogen-bond acceptors (Lipinski definition) is 3. The molecule has 1 fully saturated rings. The second-order valence-electron chi connectivity index (χ2n) is 4.39. The molecule has 1 N–H and O–H groups in total. The van der Waals surface area contributed by atoms with Crippen molar-refractivity contribution in [2.45, 2.75) is 13.0 Å². The van der Waals surface area contributed by atoms with Crippen molar-refractivity contribution in [2.24, 2.45) is 0 Å². The Morgan fingerprint density at radius 1 is 1.47 bits per heavy atom. The van der Waals surface area contributed by atoms with Crippen LogP contribution in [-0.4, -0.2) is 46.0 Å². The molecule has 1 aromatic carbocycles. The van der Waals surface area contributed by atoms with Crippen molar-refractivity contribution < 1.29 is 14.7 Å². The van der Waals surface area contributed by atoms with Crippen LogP contribution in [0.1, 0.15) is 15.9 Å². The van der Waals surface area contributed by atoms with Crippen molar-refractivity contribution in [2.75, 3.05) is 18.1 Å². The van der Waals surface area contributed by atoms with E-state index in [1.807, 2.05) is 19.1 Å². The number of thioether (sulfide) groups is 1. The van der Waals surface area contributed by atoms with Gasteiger partial charge in [0.2, 0.25) is 0 Å². The minimum absolute atomic E-state index is 0.202. The molecule has 0 saturated carbocycles. The van der Waals surface area contributed by atoms with Gasteiger partial charge in [-0.25, -0.2) is 4.79 Å². The number of aliphatic carboxylic acids is 1. The third kappa shape index (κ3) is 3.12. The van der Waals surface area contributed by atoms with E-state index in [0.29, 0.717) is 17.9 Å². The maximum absolute atomic E-state index is 12.5. The van der Waals surface area contributed by atoms with Crippen LogP contribution in [0.5, 0.6) is 0 Å². The third-order valence-electron chi connectivity index (χ3n) is 3.10. The van der Waals surface area contributed by atoms with Crippen LogP contribution in [0, 0.1) is 6.92 Å². The summed E-state index contributed by atoms with van der Waals surface area (Å²) in [5.74, 6) is 0.0937. The lowest BCUT2D eigenvalue weighted by atomic mass is 10.1. The predicted octanol–water partition coefficient (Wildman–Crippen LogP) is 2.40. The van der Waals surface area contributed by atoms with Gasteiger partial charge in [0.25, 0.3) is 5.91 Å². The molecule has 1 aromatic rings. The Morgan fingerprint density at radius 3 is 2.89 bits per heavy atom. The molecular weight excluding hydrogens is 330 g/mol. The fourth-order valence-electron chi connectivity index (χ4n) is 2.03. The molecule has 0 radical (unpaired) electrons. The van der Waals surface area contributed by atoms with Crippen LogP contribution in [0.25, 0.3) is 0 Å². The molecule has 2 rings (SSSR count). The minimum atomic E-state index is -0.937. The first kappa shape index (κ1) is 14.4.